The number of carbonyl (C=O) groups excluding carboxylic acids is 3. The van der Waals surface area contributed by atoms with Crippen LogP contribution >= 0.6 is 0 Å². The monoisotopic (exact) mass is 627 g/mol. The summed E-state index contributed by atoms with van der Waals surface area (Å²) in [5.41, 5.74) is -0.0598. The molecule has 0 aromatic carbocycles. The van der Waals surface area contributed by atoms with E-state index in [1.165, 1.54) is 5.57 Å². The van der Waals surface area contributed by atoms with Gasteiger partial charge in [0.1, 0.15) is 5.78 Å². The predicted octanol–water partition coefficient (Wildman–Crippen LogP) is 6.16. The number of carboxylic acid groups (broad SMARTS) is 1. The minimum absolute atomic E-state index is 0.0287. The molecule has 5 rings (SSSR count). The Morgan fingerprint density at radius 3 is 2.24 bits per heavy atom. The molecule has 5 aliphatic rings. The fourth-order valence-electron chi connectivity index (χ4n) is 11.1. The van der Waals surface area contributed by atoms with Crippen molar-refractivity contribution in [1.29, 1.82) is 0 Å². The van der Waals surface area contributed by atoms with Gasteiger partial charge in [-0.05, 0) is 90.9 Å². The Kier molecular flexibility index (Phi) is 9.05. The summed E-state index contributed by atoms with van der Waals surface area (Å²) in [7, 11) is 0. The minimum atomic E-state index is -0.887. The molecule has 0 aromatic rings. The number of Topliss-reactive ketones (excluding diaryl/α,β-unsaturated/α-hetero) is 1. The lowest BCUT2D eigenvalue weighted by Crippen LogP contribution is -2.66. The van der Waals surface area contributed by atoms with E-state index in [9.17, 15) is 19.2 Å². The molecular formula is C37H57NO7. The number of amides is 1. The molecule has 8 nitrogen and oxygen atoms in total. The summed E-state index contributed by atoms with van der Waals surface area (Å²) < 4.78 is 10.8. The third-order valence-corrected chi connectivity index (χ3v) is 14.2. The quantitative estimate of drug-likeness (QED) is 0.279. The molecule has 0 bridgehead atoms. The number of carbonyl (C=O) groups is 4. The van der Waals surface area contributed by atoms with Gasteiger partial charge in [-0.3, -0.25) is 19.2 Å². The molecule has 8 heteroatoms. The van der Waals surface area contributed by atoms with Gasteiger partial charge in [0, 0.05) is 29.7 Å². The van der Waals surface area contributed by atoms with Crippen molar-refractivity contribution in [3.8, 4) is 0 Å². The van der Waals surface area contributed by atoms with E-state index in [-0.39, 0.29) is 64.1 Å². The van der Waals surface area contributed by atoms with Crippen LogP contribution in [0.2, 0.25) is 0 Å². The van der Waals surface area contributed by atoms with Gasteiger partial charge in [0.2, 0.25) is 5.91 Å². The van der Waals surface area contributed by atoms with Gasteiger partial charge in [-0.1, -0.05) is 54.0 Å². The molecule has 0 radical (unpaired) electrons. The maximum Gasteiger partial charge on any atom is 0.305 e. The van der Waals surface area contributed by atoms with Gasteiger partial charge in [0.25, 0.3) is 0 Å². The zero-order valence-electron chi connectivity index (χ0n) is 28.8. The lowest BCUT2D eigenvalue weighted by Gasteiger charge is -2.70. The molecule has 0 aromatic heterocycles. The Balaban J connectivity index is 1.30. The first-order valence-corrected chi connectivity index (χ1v) is 17.4. The van der Waals surface area contributed by atoms with Crippen molar-refractivity contribution in [2.45, 2.75) is 113 Å². The summed E-state index contributed by atoms with van der Waals surface area (Å²) in [5, 5.41) is 11.8. The van der Waals surface area contributed by atoms with E-state index in [1.807, 2.05) is 6.08 Å². The van der Waals surface area contributed by atoms with Gasteiger partial charge in [0.05, 0.1) is 32.8 Å². The number of aliphatic carboxylic acids is 1. The first-order chi connectivity index (χ1) is 20.9. The van der Waals surface area contributed by atoms with Gasteiger partial charge in [-0.25, -0.2) is 0 Å². The number of ketones is 2. The van der Waals surface area contributed by atoms with Crippen molar-refractivity contribution in [2.24, 2.45) is 50.2 Å². The highest BCUT2D eigenvalue weighted by Crippen LogP contribution is 2.74. The molecule has 8 atom stereocenters. The number of fused-ring (bicyclic) bond motifs is 7. The Morgan fingerprint density at radius 2 is 1.56 bits per heavy atom. The molecule has 45 heavy (non-hydrogen) atoms. The molecular weight excluding hydrogens is 570 g/mol. The van der Waals surface area contributed by atoms with Crippen LogP contribution in [0.3, 0.4) is 0 Å². The van der Waals surface area contributed by atoms with Gasteiger partial charge in [-0.15, -0.1) is 0 Å². The van der Waals surface area contributed by atoms with Gasteiger partial charge in [-0.2, -0.15) is 0 Å². The highest BCUT2D eigenvalue weighted by Gasteiger charge is 2.70. The Bertz CT molecular complexity index is 1260. The highest BCUT2D eigenvalue weighted by atomic mass is 16.5. The number of rotatable bonds is 10. The number of nitrogens with one attached hydrogen (secondary N) is 1. The maximum absolute atomic E-state index is 14.5. The van der Waals surface area contributed by atoms with Crippen molar-refractivity contribution in [2.75, 3.05) is 33.0 Å². The van der Waals surface area contributed by atoms with Crippen LogP contribution < -0.4 is 5.32 Å². The second-order valence-corrected chi connectivity index (χ2v) is 17.0. The van der Waals surface area contributed by atoms with Crippen LogP contribution in [-0.4, -0.2) is 61.5 Å². The molecule has 252 valence electrons. The minimum Gasteiger partial charge on any atom is -0.481 e. The predicted molar refractivity (Wildman–Crippen MR) is 171 cm³/mol. The van der Waals surface area contributed by atoms with Crippen LogP contribution in [-0.2, 0) is 28.7 Å². The molecule has 0 unspecified atom stereocenters. The number of hydrogen-bond acceptors (Lipinski definition) is 6. The second kappa shape index (κ2) is 11.9. The lowest BCUT2D eigenvalue weighted by atomic mass is 9.33. The molecule has 0 aliphatic heterocycles. The first-order valence-electron chi connectivity index (χ1n) is 17.4. The fourth-order valence-corrected chi connectivity index (χ4v) is 11.1. The highest BCUT2D eigenvalue weighted by molar-refractivity contribution is 5.96. The number of carboxylic acids is 1. The molecule has 0 spiro atoms. The molecule has 0 saturated heterocycles. The Morgan fingerprint density at radius 1 is 0.889 bits per heavy atom. The topological polar surface area (TPSA) is 119 Å². The summed E-state index contributed by atoms with van der Waals surface area (Å²) in [6.07, 6.45) is 10.0. The summed E-state index contributed by atoms with van der Waals surface area (Å²) in [4.78, 5) is 51.8. The molecule has 2 N–H and O–H groups in total. The van der Waals surface area contributed by atoms with Crippen LogP contribution in [0.25, 0.3) is 0 Å². The van der Waals surface area contributed by atoms with Crippen LogP contribution in [0.5, 0.6) is 0 Å². The fraction of sp³-hybridized carbons (Fsp3) is 0.838. The lowest BCUT2D eigenvalue weighted by molar-refractivity contribution is -0.187. The molecule has 0 heterocycles. The standard InChI is InChI=1S/C37H57NO7/c1-32(2)27-8-12-37(7)30(35(27,5)11-9-28(32)40)26(39)22-24-25-23-34(4,14-13-33(25,3)15-16-36(24,37)6)31(43)38-17-19-45-21-20-44-18-10-29(41)42/h22,25,27,30H,8-21,23H2,1-7H3,(H,38,43)(H,41,42)/t25-,27+,30-,33-,34+,35+,36-,37-/m1/s1. The summed E-state index contributed by atoms with van der Waals surface area (Å²) in [6.45, 7) is 17.4. The van der Waals surface area contributed by atoms with Gasteiger partial charge >= 0.3 is 5.97 Å². The maximum atomic E-state index is 14.5. The van der Waals surface area contributed by atoms with E-state index in [0.717, 1.165) is 51.4 Å². The molecule has 4 fully saturated rings. The van der Waals surface area contributed by atoms with Crippen LogP contribution in [0.15, 0.2) is 11.6 Å². The summed E-state index contributed by atoms with van der Waals surface area (Å²) in [6, 6.07) is 0. The summed E-state index contributed by atoms with van der Waals surface area (Å²) in [5.74, 6) is 0.0736. The molecule has 5 aliphatic carbocycles. The molecule has 1 amide bonds. The van der Waals surface area contributed by atoms with E-state index in [1.54, 1.807) is 0 Å². The van der Waals surface area contributed by atoms with Crippen molar-refractivity contribution in [3.63, 3.8) is 0 Å². The van der Waals surface area contributed by atoms with E-state index in [2.05, 4.69) is 53.8 Å². The van der Waals surface area contributed by atoms with Gasteiger partial charge < -0.3 is 19.9 Å². The molecule has 4 saturated carbocycles. The second-order valence-electron chi connectivity index (χ2n) is 17.0. The van der Waals surface area contributed by atoms with E-state index in [4.69, 9.17) is 14.6 Å². The first kappa shape index (κ1) is 34.3. The number of hydrogen-bond donors (Lipinski definition) is 2. The van der Waals surface area contributed by atoms with Gasteiger partial charge in [0.15, 0.2) is 5.78 Å². The Labute approximate surface area is 269 Å². The normalized spacial score (nSPS) is 42.0. The third kappa shape index (κ3) is 5.54. The van der Waals surface area contributed by atoms with Crippen molar-refractivity contribution in [1.82, 2.24) is 5.32 Å². The van der Waals surface area contributed by atoms with E-state index < -0.39 is 16.8 Å². The van der Waals surface area contributed by atoms with E-state index in [0.29, 0.717) is 38.6 Å². The SMILES string of the molecule is CC1(C)C(=O)CC[C@]2(C)[C@H]3C(=O)C=C4[C@H]5C[C@@](C)(C(=O)NCCOCCOCCC(=O)O)CC[C@]5(C)CC[C@@]4(C)[C@]3(C)CC[C@@H]12. The number of ether oxygens (including phenoxy) is 2. The zero-order chi connectivity index (χ0) is 33.1. The van der Waals surface area contributed by atoms with Crippen LogP contribution in [0.1, 0.15) is 113 Å². The summed E-state index contributed by atoms with van der Waals surface area (Å²) >= 11 is 0. The van der Waals surface area contributed by atoms with Crippen molar-refractivity contribution in [3.05, 3.63) is 11.6 Å². The van der Waals surface area contributed by atoms with Crippen molar-refractivity contribution < 1.29 is 33.8 Å². The van der Waals surface area contributed by atoms with Crippen LogP contribution in [0, 0.1) is 50.2 Å². The Hall–Kier alpha value is -2.06. The number of allylic oxidation sites excluding steroid dienone is 2. The van der Waals surface area contributed by atoms with Crippen molar-refractivity contribution >= 4 is 23.4 Å². The zero-order valence-corrected chi connectivity index (χ0v) is 28.8. The van der Waals surface area contributed by atoms with Crippen LogP contribution in [0.4, 0.5) is 0 Å². The average Bonchev–Trinajstić information content (AvgIpc) is 2.96. The third-order valence-electron chi connectivity index (χ3n) is 14.2. The average molecular weight is 628 g/mol. The smallest absolute Gasteiger partial charge is 0.305 e. The van der Waals surface area contributed by atoms with E-state index >= 15 is 0 Å². The largest absolute Gasteiger partial charge is 0.481 e.